The van der Waals surface area contributed by atoms with Crippen LogP contribution in [0.25, 0.3) is 0 Å². The van der Waals surface area contributed by atoms with E-state index in [0.717, 1.165) is 19.5 Å². The second-order valence-electron chi connectivity index (χ2n) is 4.99. The molecule has 0 N–H and O–H groups in total. The SMILES string of the molecule is CCOC(=O)N1CCN(CC(=O)C2CCOC2)CC1. The van der Waals surface area contributed by atoms with Gasteiger partial charge in [-0.1, -0.05) is 0 Å². The first kappa shape index (κ1) is 14.3. The van der Waals surface area contributed by atoms with Gasteiger partial charge < -0.3 is 14.4 Å². The van der Waals surface area contributed by atoms with Crippen molar-refractivity contribution in [1.82, 2.24) is 9.80 Å². The van der Waals surface area contributed by atoms with Crippen LogP contribution in [-0.2, 0) is 14.3 Å². The number of nitrogens with zero attached hydrogens (tertiary/aromatic N) is 2. The van der Waals surface area contributed by atoms with Crippen molar-refractivity contribution in [3.63, 3.8) is 0 Å². The summed E-state index contributed by atoms with van der Waals surface area (Å²) in [5.41, 5.74) is 0. The highest BCUT2D eigenvalue weighted by Crippen LogP contribution is 2.14. The molecule has 0 aliphatic carbocycles. The molecule has 6 heteroatoms. The predicted molar refractivity (Wildman–Crippen MR) is 69.0 cm³/mol. The molecule has 1 amide bonds. The normalized spacial score (nSPS) is 24.5. The van der Waals surface area contributed by atoms with E-state index in [1.54, 1.807) is 11.8 Å². The molecule has 1 atom stereocenters. The smallest absolute Gasteiger partial charge is 0.409 e. The maximum Gasteiger partial charge on any atom is 0.409 e. The third-order valence-corrected chi connectivity index (χ3v) is 3.66. The van der Waals surface area contributed by atoms with Crippen molar-refractivity contribution in [3.8, 4) is 0 Å². The van der Waals surface area contributed by atoms with Crippen LogP contribution >= 0.6 is 0 Å². The largest absolute Gasteiger partial charge is 0.450 e. The van der Waals surface area contributed by atoms with Crippen molar-refractivity contribution in [1.29, 1.82) is 0 Å². The van der Waals surface area contributed by atoms with Crippen LogP contribution in [0, 0.1) is 5.92 Å². The van der Waals surface area contributed by atoms with E-state index in [0.29, 0.717) is 39.5 Å². The number of carbonyl (C=O) groups excluding carboxylic acids is 2. The minimum atomic E-state index is -0.252. The summed E-state index contributed by atoms with van der Waals surface area (Å²) in [6, 6.07) is 0. The standard InChI is InChI=1S/C13H22N2O4/c1-2-19-13(17)15-6-4-14(5-7-15)9-12(16)11-3-8-18-10-11/h11H,2-10H2,1H3. The van der Waals surface area contributed by atoms with Gasteiger partial charge in [0.1, 0.15) is 0 Å². The summed E-state index contributed by atoms with van der Waals surface area (Å²) >= 11 is 0. The lowest BCUT2D eigenvalue weighted by molar-refractivity contribution is -0.124. The highest BCUT2D eigenvalue weighted by Gasteiger charge is 2.27. The minimum Gasteiger partial charge on any atom is -0.450 e. The number of ether oxygens (including phenoxy) is 2. The van der Waals surface area contributed by atoms with E-state index < -0.39 is 0 Å². The molecule has 0 aromatic rings. The average Bonchev–Trinajstić information content (AvgIpc) is 2.94. The van der Waals surface area contributed by atoms with E-state index in [9.17, 15) is 9.59 Å². The monoisotopic (exact) mass is 270 g/mol. The van der Waals surface area contributed by atoms with Crippen LogP contribution in [0.1, 0.15) is 13.3 Å². The van der Waals surface area contributed by atoms with Crippen LogP contribution < -0.4 is 0 Å². The number of Topliss-reactive ketones (excluding diaryl/α,β-unsaturated/α-hetero) is 1. The van der Waals surface area contributed by atoms with E-state index in [1.807, 2.05) is 0 Å². The highest BCUT2D eigenvalue weighted by atomic mass is 16.6. The van der Waals surface area contributed by atoms with Gasteiger partial charge in [-0.25, -0.2) is 4.79 Å². The van der Waals surface area contributed by atoms with Gasteiger partial charge in [0.2, 0.25) is 0 Å². The second kappa shape index (κ2) is 6.86. The zero-order valence-corrected chi connectivity index (χ0v) is 11.5. The Morgan fingerprint density at radius 2 is 2.00 bits per heavy atom. The number of carbonyl (C=O) groups is 2. The molecule has 2 heterocycles. The number of piperazine rings is 1. The molecule has 0 bridgehead atoms. The lowest BCUT2D eigenvalue weighted by atomic mass is 10.0. The Kier molecular flexibility index (Phi) is 5.15. The van der Waals surface area contributed by atoms with Gasteiger partial charge in [-0.15, -0.1) is 0 Å². The van der Waals surface area contributed by atoms with Crippen molar-refractivity contribution in [2.45, 2.75) is 13.3 Å². The van der Waals surface area contributed by atoms with Gasteiger partial charge in [0, 0.05) is 38.7 Å². The second-order valence-corrected chi connectivity index (χ2v) is 4.99. The van der Waals surface area contributed by atoms with E-state index in [4.69, 9.17) is 9.47 Å². The Morgan fingerprint density at radius 1 is 1.26 bits per heavy atom. The quantitative estimate of drug-likeness (QED) is 0.738. The van der Waals surface area contributed by atoms with Gasteiger partial charge in [0.25, 0.3) is 0 Å². The molecule has 19 heavy (non-hydrogen) atoms. The fraction of sp³-hybridized carbons (Fsp3) is 0.846. The number of amides is 1. The number of ketones is 1. The van der Waals surface area contributed by atoms with Crippen LogP contribution in [0.4, 0.5) is 4.79 Å². The zero-order chi connectivity index (χ0) is 13.7. The van der Waals surface area contributed by atoms with Crippen molar-refractivity contribution in [2.75, 3.05) is 52.5 Å². The number of hydrogen-bond donors (Lipinski definition) is 0. The van der Waals surface area contributed by atoms with Gasteiger partial charge in [0.05, 0.1) is 19.8 Å². The molecule has 0 radical (unpaired) electrons. The van der Waals surface area contributed by atoms with Gasteiger partial charge in [-0.2, -0.15) is 0 Å². The molecule has 2 rings (SSSR count). The average molecular weight is 270 g/mol. The van der Waals surface area contributed by atoms with Crippen LogP contribution in [-0.4, -0.2) is 74.2 Å². The number of rotatable bonds is 4. The van der Waals surface area contributed by atoms with Crippen LogP contribution in [0.5, 0.6) is 0 Å². The van der Waals surface area contributed by atoms with Gasteiger partial charge in [-0.3, -0.25) is 9.69 Å². The summed E-state index contributed by atoms with van der Waals surface area (Å²) < 4.78 is 10.2. The molecule has 2 aliphatic rings. The molecule has 0 aromatic heterocycles. The molecule has 108 valence electrons. The zero-order valence-electron chi connectivity index (χ0n) is 11.5. The maximum absolute atomic E-state index is 12.0. The van der Waals surface area contributed by atoms with Crippen LogP contribution in [0.3, 0.4) is 0 Å². The van der Waals surface area contributed by atoms with Crippen molar-refractivity contribution < 1.29 is 19.1 Å². The van der Waals surface area contributed by atoms with Crippen molar-refractivity contribution in [2.24, 2.45) is 5.92 Å². The first-order chi connectivity index (χ1) is 9.20. The topological polar surface area (TPSA) is 59.1 Å². The fourth-order valence-electron chi connectivity index (χ4n) is 2.44. The van der Waals surface area contributed by atoms with Gasteiger partial charge in [0.15, 0.2) is 5.78 Å². The number of hydrogen-bond acceptors (Lipinski definition) is 5. The summed E-state index contributed by atoms with van der Waals surface area (Å²) in [6.45, 7) is 6.69. The van der Waals surface area contributed by atoms with E-state index >= 15 is 0 Å². The summed E-state index contributed by atoms with van der Waals surface area (Å²) in [5, 5.41) is 0. The Labute approximate surface area is 113 Å². The third-order valence-electron chi connectivity index (χ3n) is 3.66. The Morgan fingerprint density at radius 3 is 2.58 bits per heavy atom. The molecule has 6 nitrogen and oxygen atoms in total. The molecule has 2 saturated heterocycles. The van der Waals surface area contributed by atoms with E-state index in [-0.39, 0.29) is 17.8 Å². The van der Waals surface area contributed by atoms with Crippen LogP contribution in [0.15, 0.2) is 0 Å². The molecule has 0 aromatic carbocycles. The first-order valence-electron chi connectivity index (χ1n) is 6.95. The van der Waals surface area contributed by atoms with Crippen LogP contribution in [0.2, 0.25) is 0 Å². The predicted octanol–water partition coefficient (Wildman–Crippen LogP) is 0.366. The molecule has 0 saturated carbocycles. The lowest BCUT2D eigenvalue weighted by Gasteiger charge is -2.33. The molecule has 2 aliphatic heterocycles. The van der Waals surface area contributed by atoms with Gasteiger partial charge >= 0.3 is 6.09 Å². The fourth-order valence-corrected chi connectivity index (χ4v) is 2.44. The molecule has 0 spiro atoms. The maximum atomic E-state index is 12.0. The van der Waals surface area contributed by atoms with Crippen molar-refractivity contribution in [3.05, 3.63) is 0 Å². The van der Waals surface area contributed by atoms with E-state index in [2.05, 4.69) is 4.90 Å². The Balaban J connectivity index is 1.71. The summed E-state index contributed by atoms with van der Waals surface area (Å²) in [5.74, 6) is 0.338. The lowest BCUT2D eigenvalue weighted by Crippen LogP contribution is -2.50. The van der Waals surface area contributed by atoms with Gasteiger partial charge in [-0.05, 0) is 13.3 Å². The molecule has 1 unspecified atom stereocenters. The molecular formula is C13H22N2O4. The molecule has 2 fully saturated rings. The first-order valence-corrected chi connectivity index (χ1v) is 6.95. The molecular weight excluding hydrogens is 248 g/mol. The highest BCUT2D eigenvalue weighted by molar-refractivity contribution is 5.83. The summed E-state index contributed by atoms with van der Waals surface area (Å²) in [7, 11) is 0. The Bertz CT molecular complexity index is 321. The van der Waals surface area contributed by atoms with Crippen molar-refractivity contribution >= 4 is 11.9 Å². The third kappa shape index (κ3) is 3.91. The van der Waals surface area contributed by atoms with E-state index in [1.165, 1.54) is 0 Å². The minimum absolute atomic E-state index is 0.0723. The summed E-state index contributed by atoms with van der Waals surface area (Å²) in [6.07, 6.45) is 0.597. The summed E-state index contributed by atoms with van der Waals surface area (Å²) in [4.78, 5) is 27.3. The Hall–Kier alpha value is -1.14.